The second-order valence-corrected chi connectivity index (χ2v) is 5.45. The lowest BCUT2D eigenvalue weighted by molar-refractivity contribution is 0.0869. The van der Waals surface area contributed by atoms with Crippen molar-refractivity contribution in [2.75, 3.05) is 13.1 Å². The molecular formula is C12H21NO. The third kappa shape index (κ3) is 1.59. The fourth-order valence-corrected chi connectivity index (χ4v) is 3.43. The van der Waals surface area contributed by atoms with E-state index < -0.39 is 0 Å². The van der Waals surface area contributed by atoms with Gasteiger partial charge >= 0.3 is 0 Å². The SMILES string of the molecule is OC(CN1CCC2CCCC21)C1CC1. The van der Waals surface area contributed by atoms with Crippen LogP contribution >= 0.6 is 0 Å². The Morgan fingerprint density at radius 2 is 2.00 bits per heavy atom. The zero-order valence-electron chi connectivity index (χ0n) is 8.86. The Hall–Kier alpha value is -0.0800. The molecule has 0 aromatic heterocycles. The Bertz CT molecular complexity index is 214. The van der Waals surface area contributed by atoms with Crippen molar-refractivity contribution in [2.24, 2.45) is 11.8 Å². The van der Waals surface area contributed by atoms with E-state index in [2.05, 4.69) is 4.90 Å². The van der Waals surface area contributed by atoms with E-state index in [1.54, 1.807) is 0 Å². The zero-order chi connectivity index (χ0) is 9.54. The highest BCUT2D eigenvalue weighted by atomic mass is 16.3. The molecule has 3 atom stereocenters. The summed E-state index contributed by atoms with van der Waals surface area (Å²) in [5.74, 6) is 1.62. The van der Waals surface area contributed by atoms with E-state index in [0.29, 0.717) is 5.92 Å². The van der Waals surface area contributed by atoms with Crippen molar-refractivity contribution in [1.82, 2.24) is 4.90 Å². The van der Waals surface area contributed by atoms with Gasteiger partial charge in [-0.3, -0.25) is 4.90 Å². The van der Waals surface area contributed by atoms with Crippen molar-refractivity contribution in [2.45, 2.75) is 50.7 Å². The van der Waals surface area contributed by atoms with Gasteiger partial charge in [0, 0.05) is 12.6 Å². The number of nitrogens with zero attached hydrogens (tertiary/aromatic N) is 1. The van der Waals surface area contributed by atoms with Gasteiger partial charge in [0.05, 0.1) is 6.10 Å². The van der Waals surface area contributed by atoms with E-state index in [1.807, 2.05) is 0 Å². The van der Waals surface area contributed by atoms with Crippen LogP contribution in [-0.2, 0) is 0 Å². The molecule has 3 rings (SSSR count). The van der Waals surface area contributed by atoms with Crippen molar-refractivity contribution in [1.29, 1.82) is 0 Å². The zero-order valence-corrected chi connectivity index (χ0v) is 8.86. The van der Waals surface area contributed by atoms with Gasteiger partial charge in [-0.1, -0.05) is 6.42 Å². The number of hydrogen-bond donors (Lipinski definition) is 1. The predicted molar refractivity (Wildman–Crippen MR) is 56.0 cm³/mol. The molecule has 3 unspecified atom stereocenters. The van der Waals surface area contributed by atoms with E-state index in [4.69, 9.17) is 0 Å². The van der Waals surface area contributed by atoms with Gasteiger partial charge in [0.15, 0.2) is 0 Å². The molecule has 1 aliphatic heterocycles. The van der Waals surface area contributed by atoms with Crippen molar-refractivity contribution in [3.63, 3.8) is 0 Å². The van der Waals surface area contributed by atoms with Crippen molar-refractivity contribution >= 4 is 0 Å². The molecule has 0 amide bonds. The number of aliphatic hydroxyl groups is 1. The largest absolute Gasteiger partial charge is 0.392 e. The summed E-state index contributed by atoms with van der Waals surface area (Å²) < 4.78 is 0. The maximum atomic E-state index is 9.93. The second-order valence-electron chi connectivity index (χ2n) is 5.45. The summed E-state index contributed by atoms with van der Waals surface area (Å²) >= 11 is 0. The van der Waals surface area contributed by atoms with Crippen LogP contribution in [0.1, 0.15) is 38.5 Å². The van der Waals surface area contributed by atoms with Crippen LogP contribution in [0.4, 0.5) is 0 Å². The first kappa shape index (κ1) is 9.17. The molecule has 3 aliphatic rings. The lowest BCUT2D eigenvalue weighted by Gasteiger charge is -2.26. The van der Waals surface area contributed by atoms with Crippen LogP contribution in [0.25, 0.3) is 0 Å². The van der Waals surface area contributed by atoms with Crippen molar-refractivity contribution in [3.05, 3.63) is 0 Å². The molecule has 1 N–H and O–H groups in total. The van der Waals surface area contributed by atoms with Crippen LogP contribution in [0.3, 0.4) is 0 Å². The standard InChI is InChI=1S/C12H21NO/c14-12(10-4-5-10)8-13-7-6-9-2-1-3-11(9)13/h9-12,14H,1-8H2. The second kappa shape index (κ2) is 3.49. The molecule has 0 aromatic carbocycles. The molecule has 2 aliphatic carbocycles. The molecule has 2 heteroatoms. The van der Waals surface area contributed by atoms with Crippen LogP contribution in [0.2, 0.25) is 0 Å². The number of β-amino-alcohol motifs (C(OH)–C–C–N with tert-alkyl or cyclic N) is 1. The van der Waals surface area contributed by atoms with Crippen LogP contribution in [0.5, 0.6) is 0 Å². The van der Waals surface area contributed by atoms with Crippen molar-refractivity contribution in [3.8, 4) is 0 Å². The van der Waals surface area contributed by atoms with Crippen LogP contribution in [-0.4, -0.2) is 35.2 Å². The first-order valence-electron chi connectivity index (χ1n) is 6.27. The fourth-order valence-electron chi connectivity index (χ4n) is 3.43. The highest BCUT2D eigenvalue weighted by Gasteiger charge is 2.40. The quantitative estimate of drug-likeness (QED) is 0.740. The van der Waals surface area contributed by atoms with Gasteiger partial charge in [-0.05, 0) is 50.5 Å². The van der Waals surface area contributed by atoms with Crippen LogP contribution < -0.4 is 0 Å². The van der Waals surface area contributed by atoms with E-state index in [1.165, 1.54) is 45.1 Å². The minimum atomic E-state index is -0.0191. The molecule has 0 aromatic rings. The smallest absolute Gasteiger partial charge is 0.0695 e. The molecule has 2 saturated carbocycles. The molecule has 80 valence electrons. The van der Waals surface area contributed by atoms with Gasteiger partial charge < -0.3 is 5.11 Å². The molecule has 0 radical (unpaired) electrons. The molecule has 3 fully saturated rings. The third-order valence-electron chi connectivity index (χ3n) is 4.46. The molecule has 0 bridgehead atoms. The number of rotatable bonds is 3. The molecule has 1 heterocycles. The first-order valence-corrected chi connectivity index (χ1v) is 6.27. The first-order chi connectivity index (χ1) is 6.84. The number of aliphatic hydroxyl groups excluding tert-OH is 1. The highest BCUT2D eigenvalue weighted by Crippen LogP contribution is 2.39. The summed E-state index contributed by atoms with van der Waals surface area (Å²) in [5, 5.41) is 9.93. The van der Waals surface area contributed by atoms with Gasteiger partial charge in [-0.25, -0.2) is 0 Å². The minimum Gasteiger partial charge on any atom is -0.392 e. The summed E-state index contributed by atoms with van der Waals surface area (Å²) in [6.07, 6.45) is 8.16. The third-order valence-corrected chi connectivity index (χ3v) is 4.46. The summed E-state index contributed by atoms with van der Waals surface area (Å²) in [5.41, 5.74) is 0. The van der Waals surface area contributed by atoms with Crippen LogP contribution in [0.15, 0.2) is 0 Å². The number of fused-ring (bicyclic) bond motifs is 1. The molecule has 1 saturated heterocycles. The average Bonchev–Trinajstić information content (AvgIpc) is 2.81. The predicted octanol–water partition coefficient (Wildman–Crippen LogP) is 1.63. The van der Waals surface area contributed by atoms with Crippen LogP contribution in [0, 0.1) is 11.8 Å². The minimum absolute atomic E-state index is 0.0191. The monoisotopic (exact) mass is 195 g/mol. The maximum absolute atomic E-state index is 9.93. The van der Waals surface area contributed by atoms with Gasteiger partial charge in [-0.2, -0.15) is 0 Å². The van der Waals surface area contributed by atoms with Gasteiger partial charge in [0.1, 0.15) is 0 Å². The number of hydrogen-bond acceptors (Lipinski definition) is 2. The summed E-state index contributed by atoms with van der Waals surface area (Å²) in [4.78, 5) is 2.57. The Balaban J connectivity index is 1.56. The Morgan fingerprint density at radius 1 is 1.14 bits per heavy atom. The Kier molecular flexibility index (Phi) is 2.29. The molecule has 2 nitrogen and oxygen atoms in total. The highest BCUT2D eigenvalue weighted by molar-refractivity contribution is 4.94. The Morgan fingerprint density at radius 3 is 2.79 bits per heavy atom. The lowest BCUT2D eigenvalue weighted by atomic mass is 10.0. The van der Waals surface area contributed by atoms with Gasteiger partial charge in [0.2, 0.25) is 0 Å². The van der Waals surface area contributed by atoms with E-state index in [-0.39, 0.29) is 6.10 Å². The molecular weight excluding hydrogens is 174 g/mol. The van der Waals surface area contributed by atoms with Crippen molar-refractivity contribution < 1.29 is 5.11 Å². The average molecular weight is 195 g/mol. The summed E-state index contributed by atoms with van der Waals surface area (Å²) in [6, 6.07) is 0.836. The van der Waals surface area contributed by atoms with Gasteiger partial charge in [-0.15, -0.1) is 0 Å². The summed E-state index contributed by atoms with van der Waals surface area (Å²) in [7, 11) is 0. The molecule has 0 spiro atoms. The maximum Gasteiger partial charge on any atom is 0.0695 e. The van der Waals surface area contributed by atoms with E-state index in [9.17, 15) is 5.11 Å². The van der Waals surface area contributed by atoms with E-state index in [0.717, 1.165) is 18.5 Å². The lowest BCUT2D eigenvalue weighted by Crippen LogP contribution is -2.37. The molecule has 14 heavy (non-hydrogen) atoms. The van der Waals surface area contributed by atoms with Gasteiger partial charge in [0.25, 0.3) is 0 Å². The fraction of sp³-hybridized carbons (Fsp3) is 1.00. The van der Waals surface area contributed by atoms with E-state index >= 15 is 0 Å². The number of likely N-dealkylation sites (tertiary alicyclic amines) is 1. The topological polar surface area (TPSA) is 23.5 Å². The Labute approximate surface area is 86.3 Å². The normalized spacial score (nSPS) is 40.1. The summed E-state index contributed by atoms with van der Waals surface area (Å²) in [6.45, 7) is 2.21.